The van der Waals surface area contributed by atoms with Crippen LogP contribution in [0, 0.1) is 5.82 Å². The predicted molar refractivity (Wildman–Crippen MR) is 130 cm³/mol. The third-order valence-electron chi connectivity index (χ3n) is 5.98. The van der Waals surface area contributed by atoms with Crippen molar-refractivity contribution in [3.05, 3.63) is 101 Å². The summed E-state index contributed by atoms with van der Waals surface area (Å²) in [5.41, 5.74) is 5.31. The van der Waals surface area contributed by atoms with Gasteiger partial charge in [0.15, 0.2) is 17.3 Å². The number of anilines is 1. The Morgan fingerprint density at radius 3 is 2.71 bits per heavy atom. The highest BCUT2D eigenvalue weighted by Gasteiger charge is 2.26. The topological polar surface area (TPSA) is 96.1 Å². The van der Waals surface area contributed by atoms with Crippen molar-refractivity contribution in [3.63, 3.8) is 0 Å². The van der Waals surface area contributed by atoms with Crippen LogP contribution in [0.15, 0.2) is 66.9 Å². The lowest BCUT2D eigenvalue weighted by atomic mass is 9.94. The number of halogens is 1. The largest absolute Gasteiger partial charge is 0.494 e. The van der Waals surface area contributed by atoms with Gasteiger partial charge in [0.1, 0.15) is 5.82 Å². The summed E-state index contributed by atoms with van der Waals surface area (Å²) < 4.78 is 19.0. The second kappa shape index (κ2) is 9.52. The average Bonchev–Trinajstić information content (AvgIpc) is 3.24. The lowest BCUT2D eigenvalue weighted by Gasteiger charge is -2.13. The minimum atomic E-state index is -0.623. The first kappa shape index (κ1) is 22.5. The molecule has 176 valence electrons. The van der Waals surface area contributed by atoms with Gasteiger partial charge in [-0.05, 0) is 41.5 Å². The molecule has 0 radical (unpaired) electrons. The van der Waals surface area contributed by atoms with Crippen LogP contribution < -0.4 is 15.4 Å². The van der Waals surface area contributed by atoms with Crippen LogP contribution in [0.4, 0.5) is 10.2 Å². The molecule has 1 amide bonds. The van der Waals surface area contributed by atoms with E-state index < -0.39 is 11.7 Å². The first-order chi connectivity index (χ1) is 17.0. The van der Waals surface area contributed by atoms with E-state index >= 15 is 0 Å². The summed E-state index contributed by atoms with van der Waals surface area (Å²) in [7, 11) is 1.36. The molecule has 1 aliphatic heterocycles. The molecule has 3 N–H and O–H groups in total. The van der Waals surface area contributed by atoms with Crippen molar-refractivity contribution < 1.29 is 18.7 Å². The van der Waals surface area contributed by atoms with Gasteiger partial charge in [0.05, 0.1) is 19.3 Å². The number of benzene rings is 2. The second-order valence-electron chi connectivity index (χ2n) is 8.25. The SMILES string of the molecule is COc1ccc(C(=O)Nc2cc(-c3[nH]c4c(c3Cc3ccccc3)C(=O)CNC4)ccn2)cc1F. The van der Waals surface area contributed by atoms with E-state index in [1.807, 2.05) is 36.4 Å². The summed E-state index contributed by atoms with van der Waals surface area (Å²) in [4.78, 5) is 33.2. The molecule has 0 saturated heterocycles. The zero-order chi connectivity index (χ0) is 24.4. The van der Waals surface area contributed by atoms with Crippen LogP contribution in [0.1, 0.15) is 37.5 Å². The number of aromatic nitrogens is 2. The van der Waals surface area contributed by atoms with Gasteiger partial charge in [-0.25, -0.2) is 9.37 Å². The molecule has 1 aliphatic rings. The number of amides is 1. The Bertz CT molecular complexity index is 1420. The van der Waals surface area contributed by atoms with Crippen LogP contribution in [0.2, 0.25) is 0 Å². The smallest absolute Gasteiger partial charge is 0.256 e. The van der Waals surface area contributed by atoms with Crippen molar-refractivity contribution in [1.29, 1.82) is 0 Å². The van der Waals surface area contributed by atoms with Crippen molar-refractivity contribution in [3.8, 4) is 17.0 Å². The number of aromatic amines is 1. The molecule has 0 spiro atoms. The molecule has 7 nitrogen and oxygen atoms in total. The summed E-state index contributed by atoms with van der Waals surface area (Å²) in [6.45, 7) is 0.864. The van der Waals surface area contributed by atoms with Gasteiger partial charge in [0.2, 0.25) is 0 Å². The van der Waals surface area contributed by atoms with Crippen molar-refractivity contribution in [1.82, 2.24) is 15.3 Å². The molecule has 0 aliphatic carbocycles. The molecule has 2 aromatic carbocycles. The van der Waals surface area contributed by atoms with Gasteiger partial charge in [0.25, 0.3) is 5.91 Å². The van der Waals surface area contributed by atoms with Gasteiger partial charge in [-0.1, -0.05) is 30.3 Å². The summed E-state index contributed by atoms with van der Waals surface area (Å²) in [6.07, 6.45) is 2.18. The van der Waals surface area contributed by atoms with Crippen molar-refractivity contribution in [2.75, 3.05) is 19.0 Å². The van der Waals surface area contributed by atoms with Gasteiger partial charge in [0, 0.05) is 41.5 Å². The number of pyridine rings is 1. The number of hydrogen-bond donors (Lipinski definition) is 3. The van der Waals surface area contributed by atoms with E-state index in [1.54, 1.807) is 12.3 Å². The highest BCUT2D eigenvalue weighted by Crippen LogP contribution is 2.33. The second-order valence-corrected chi connectivity index (χ2v) is 8.25. The number of ketones is 1. The molecule has 2 aromatic heterocycles. The number of nitrogens with one attached hydrogen (secondary N) is 3. The summed E-state index contributed by atoms with van der Waals surface area (Å²) >= 11 is 0. The molecule has 8 heteroatoms. The maximum absolute atomic E-state index is 14.0. The van der Waals surface area contributed by atoms with Crippen LogP contribution in [0.3, 0.4) is 0 Å². The van der Waals surface area contributed by atoms with E-state index in [-0.39, 0.29) is 17.1 Å². The van der Waals surface area contributed by atoms with Gasteiger partial charge in [-0.2, -0.15) is 0 Å². The molecule has 0 fully saturated rings. The van der Waals surface area contributed by atoms with Crippen LogP contribution in [0.5, 0.6) is 5.75 Å². The number of carbonyl (C=O) groups is 2. The zero-order valence-electron chi connectivity index (χ0n) is 19.0. The van der Waals surface area contributed by atoms with Crippen molar-refractivity contribution >= 4 is 17.5 Å². The lowest BCUT2D eigenvalue weighted by molar-refractivity contribution is 0.0980. The quantitative estimate of drug-likeness (QED) is 0.389. The van der Waals surface area contributed by atoms with Crippen molar-refractivity contribution in [2.45, 2.75) is 13.0 Å². The average molecular weight is 471 g/mol. The van der Waals surface area contributed by atoms with E-state index in [1.165, 1.54) is 19.2 Å². The number of methoxy groups -OCH3 is 1. The molecular formula is C27H23FN4O3. The fourth-order valence-electron chi connectivity index (χ4n) is 4.33. The number of hydrogen-bond acceptors (Lipinski definition) is 5. The number of carbonyl (C=O) groups excluding carboxylic acids is 2. The number of fused-ring (bicyclic) bond motifs is 1. The number of nitrogens with zero attached hydrogens (tertiary/aromatic N) is 1. The monoisotopic (exact) mass is 470 g/mol. The summed E-state index contributed by atoms with van der Waals surface area (Å²) in [5.74, 6) is -0.698. The van der Waals surface area contributed by atoms with E-state index in [4.69, 9.17) is 4.74 Å². The van der Waals surface area contributed by atoms with Gasteiger partial charge >= 0.3 is 0 Å². The molecule has 4 aromatic rings. The molecule has 0 saturated carbocycles. The Balaban J connectivity index is 1.48. The number of ether oxygens (including phenoxy) is 1. The highest BCUT2D eigenvalue weighted by molar-refractivity contribution is 6.04. The van der Waals surface area contributed by atoms with E-state index in [9.17, 15) is 14.0 Å². The van der Waals surface area contributed by atoms with Crippen LogP contribution >= 0.6 is 0 Å². The Hall–Kier alpha value is -4.30. The molecule has 5 rings (SSSR count). The maximum Gasteiger partial charge on any atom is 0.256 e. The predicted octanol–water partition coefficient (Wildman–Crippen LogP) is 4.35. The molecule has 0 bridgehead atoms. The standard InChI is InChI=1S/C27H23FN4O3/c1-35-23-8-7-18(12-20(23)28)27(34)32-24-13-17(9-10-30-24)26-19(11-16-5-3-2-4-6-16)25-21(31-26)14-29-15-22(25)33/h2-10,12-13,29,31H,11,14-15H2,1H3,(H,30,32,34). The Kier molecular flexibility index (Phi) is 6.12. The fraction of sp³-hybridized carbons (Fsp3) is 0.148. The molecule has 3 heterocycles. The first-order valence-electron chi connectivity index (χ1n) is 11.2. The van der Waals surface area contributed by atoms with Crippen molar-refractivity contribution in [2.24, 2.45) is 0 Å². The minimum Gasteiger partial charge on any atom is -0.494 e. The third kappa shape index (κ3) is 4.56. The van der Waals surface area contributed by atoms with E-state index in [0.717, 1.165) is 39.7 Å². The van der Waals surface area contributed by atoms with E-state index in [2.05, 4.69) is 20.6 Å². The van der Waals surface area contributed by atoms with Crippen LogP contribution in [-0.4, -0.2) is 35.3 Å². The maximum atomic E-state index is 14.0. The number of Topliss-reactive ketones (excluding diaryl/α,β-unsaturated/α-hetero) is 1. The first-order valence-corrected chi connectivity index (χ1v) is 11.2. The molecule has 35 heavy (non-hydrogen) atoms. The number of H-pyrrole nitrogens is 1. The summed E-state index contributed by atoms with van der Waals surface area (Å²) in [5, 5.41) is 5.85. The van der Waals surface area contributed by atoms with Crippen LogP contribution in [-0.2, 0) is 13.0 Å². The lowest BCUT2D eigenvalue weighted by Crippen LogP contribution is -2.29. The van der Waals surface area contributed by atoms with E-state index in [0.29, 0.717) is 25.3 Å². The van der Waals surface area contributed by atoms with Gasteiger partial charge < -0.3 is 20.4 Å². The zero-order valence-corrected chi connectivity index (χ0v) is 19.0. The fourth-order valence-corrected chi connectivity index (χ4v) is 4.33. The van der Waals surface area contributed by atoms with Gasteiger partial charge in [-0.3, -0.25) is 9.59 Å². The molecular weight excluding hydrogens is 447 g/mol. The number of rotatable bonds is 6. The molecule has 0 unspecified atom stereocenters. The molecule has 0 atom stereocenters. The highest BCUT2D eigenvalue weighted by atomic mass is 19.1. The minimum absolute atomic E-state index is 0.0452. The Morgan fingerprint density at radius 1 is 1.11 bits per heavy atom. The van der Waals surface area contributed by atoms with Gasteiger partial charge in [-0.15, -0.1) is 0 Å². The Labute approximate surface area is 201 Å². The Morgan fingerprint density at radius 2 is 1.94 bits per heavy atom. The third-order valence-corrected chi connectivity index (χ3v) is 5.98. The normalized spacial score (nSPS) is 12.8. The van der Waals surface area contributed by atoms with Crippen LogP contribution in [0.25, 0.3) is 11.3 Å². The summed E-state index contributed by atoms with van der Waals surface area (Å²) in [6, 6.07) is 17.5.